The van der Waals surface area contributed by atoms with Gasteiger partial charge < -0.3 is 25.4 Å². The van der Waals surface area contributed by atoms with Crippen molar-refractivity contribution in [3.63, 3.8) is 0 Å². The summed E-state index contributed by atoms with van der Waals surface area (Å²) in [7, 11) is 0. The standard InChI is InChI=1S/C22H29N3O4/c1-3-6-21(26)25-19-8-5-7-18(15-19)23-16-22(27)24-17-9-11-20(12-10-17)29-14-13-28-4-2/h5,7-12,15,23H,3-4,6,13-14,16H2,1-2H3,(H,24,27)(H,25,26). The molecular weight excluding hydrogens is 370 g/mol. The highest BCUT2D eigenvalue weighted by Crippen LogP contribution is 2.17. The first-order chi connectivity index (χ1) is 14.1. The van der Waals surface area contributed by atoms with Gasteiger partial charge in [0.2, 0.25) is 11.8 Å². The van der Waals surface area contributed by atoms with E-state index in [4.69, 9.17) is 9.47 Å². The third-order valence-electron chi connectivity index (χ3n) is 3.92. The summed E-state index contributed by atoms with van der Waals surface area (Å²) in [5.41, 5.74) is 2.15. The van der Waals surface area contributed by atoms with E-state index in [9.17, 15) is 9.59 Å². The first-order valence-electron chi connectivity index (χ1n) is 9.85. The Bertz CT molecular complexity index is 778. The van der Waals surface area contributed by atoms with Gasteiger partial charge in [-0.05, 0) is 55.8 Å². The van der Waals surface area contributed by atoms with E-state index in [0.29, 0.717) is 37.6 Å². The van der Waals surface area contributed by atoms with Crippen molar-refractivity contribution in [3.05, 3.63) is 48.5 Å². The van der Waals surface area contributed by atoms with Gasteiger partial charge in [0.15, 0.2) is 0 Å². The second kappa shape index (κ2) is 12.4. The Morgan fingerprint density at radius 1 is 0.862 bits per heavy atom. The SMILES string of the molecule is CCCC(=O)Nc1cccc(NCC(=O)Nc2ccc(OCCOCC)cc2)c1. The molecule has 2 rings (SSSR count). The van der Waals surface area contributed by atoms with Crippen LogP contribution in [0.5, 0.6) is 5.75 Å². The van der Waals surface area contributed by atoms with E-state index in [1.54, 1.807) is 30.3 Å². The molecule has 0 bridgehead atoms. The number of nitrogens with one attached hydrogen (secondary N) is 3. The van der Waals surface area contributed by atoms with Gasteiger partial charge >= 0.3 is 0 Å². The molecule has 0 heterocycles. The maximum absolute atomic E-state index is 12.2. The number of anilines is 3. The van der Waals surface area contributed by atoms with Crippen LogP contribution in [0.2, 0.25) is 0 Å². The first kappa shape index (κ1) is 22.2. The van der Waals surface area contributed by atoms with Crippen LogP contribution in [0.15, 0.2) is 48.5 Å². The van der Waals surface area contributed by atoms with Crippen molar-refractivity contribution in [2.75, 3.05) is 42.3 Å². The Labute approximate surface area is 171 Å². The predicted molar refractivity (Wildman–Crippen MR) is 116 cm³/mol. The van der Waals surface area contributed by atoms with Crippen molar-refractivity contribution in [1.82, 2.24) is 0 Å². The molecule has 0 saturated heterocycles. The molecule has 0 aliphatic heterocycles. The number of hydrogen-bond donors (Lipinski definition) is 3. The van der Waals surface area contributed by atoms with Crippen molar-refractivity contribution in [2.24, 2.45) is 0 Å². The van der Waals surface area contributed by atoms with Crippen molar-refractivity contribution in [1.29, 1.82) is 0 Å². The Morgan fingerprint density at radius 2 is 1.59 bits per heavy atom. The predicted octanol–water partition coefficient (Wildman–Crippen LogP) is 3.89. The fourth-order valence-electron chi connectivity index (χ4n) is 2.54. The average molecular weight is 399 g/mol. The summed E-state index contributed by atoms with van der Waals surface area (Å²) < 4.78 is 10.8. The zero-order valence-corrected chi connectivity index (χ0v) is 17.0. The molecule has 0 aromatic heterocycles. The van der Waals surface area contributed by atoms with E-state index < -0.39 is 0 Å². The molecule has 2 aromatic carbocycles. The molecular formula is C22H29N3O4. The highest BCUT2D eigenvalue weighted by atomic mass is 16.5. The maximum Gasteiger partial charge on any atom is 0.243 e. The molecule has 0 aliphatic carbocycles. The molecule has 29 heavy (non-hydrogen) atoms. The zero-order valence-electron chi connectivity index (χ0n) is 17.0. The number of hydrogen-bond acceptors (Lipinski definition) is 5. The van der Waals surface area contributed by atoms with E-state index in [1.165, 1.54) is 0 Å². The van der Waals surface area contributed by atoms with Crippen molar-refractivity contribution in [2.45, 2.75) is 26.7 Å². The van der Waals surface area contributed by atoms with Gasteiger partial charge in [0.25, 0.3) is 0 Å². The van der Waals surface area contributed by atoms with Crippen LogP contribution in [0.1, 0.15) is 26.7 Å². The fraction of sp³-hybridized carbons (Fsp3) is 0.364. The minimum Gasteiger partial charge on any atom is -0.491 e. The van der Waals surface area contributed by atoms with Gasteiger partial charge in [-0.15, -0.1) is 0 Å². The van der Waals surface area contributed by atoms with Crippen LogP contribution in [0.3, 0.4) is 0 Å². The number of carbonyl (C=O) groups is 2. The molecule has 0 atom stereocenters. The van der Waals surface area contributed by atoms with E-state index >= 15 is 0 Å². The minimum absolute atomic E-state index is 0.0206. The summed E-state index contributed by atoms with van der Waals surface area (Å²) in [6.45, 7) is 5.71. The summed E-state index contributed by atoms with van der Waals surface area (Å²) in [6.07, 6.45) is 1.28. The van der Waals surface area contributed by atoms with Crippen LogP contribution < -0.4 is 20.7 Å². The molecule has 0 spiro atoms. The lowest BCUT2D eigenvalue weighted by Gasteiger charge is -2.11. The normalized spacial score (nSPS) is 10.3. The summed E-state index contributed by atoms with van der Waals surface area (Å²) in [5.74, 6) is 0.533. The Morgan fingerprint density at radius 3 is 2.31 bits per heavy atom. The van der Waals surface area contributed by atoms with Crippen LogP contribution in [0.25, 0.3) is 0 Å². The average Bonchev–Trinajstić information content (AvgIpc) is 2.71. The third kappa shape index (κ3) is 8.66. The monoisotopic (exact) mass is 399 g/mol. The summed E-state index contributed by atoms with van der Waals surface area (Å²) >= 11 is 0. The summed E-state index contributed by atoms with van der Waals surface area (Å²) in [6, 6.07) is 14.5. The van der Waals surface area contributed by atoms with Crippen LogP contribution in [0, 0.1) is 0 Å². The van der Waals surface area contributed by atoms with Gasteiger partial charge in [-0.3, -0.25) is 9.59 Å². The van der Waals surface area contributed by atoms with Crippen LogP contribution in [0.4, 0.5) is 17.1 Å². The largest absolute Gasteiger partial charge is 0.491 e. The first-order valence-corrected chi connectivity index (χ1v) is 9.85. The van der Waals surface area contributed by atoms with Crippen LogP contribution >= 0.6 is 0 Å². The lowest BCUT2D eigenvalue weighted by Crippen LogP contribution is -2.21. The van der Waals surface area contributed by atoms with Crippen LogP contribution in [-0.4, -0.2) is 38.2 Å². The van der Waals surface area contributed by atoms with E-state index in [0.717, 1.165) is 17.9 Å². The summed E-state index contributed by atoms with van der Waals surface area (Å²) in [5, 5.41) is 8.73. The van der Waals surface area contributed by atoms with Gasteiger partial charge in [0, 0.05) is 30.1 Å². The fourth-order valence-corrected chi connectivity index (χ4v) is 2.54. The number of rotatable bonds is 12. The van der Waals surface area contributed by atoms with Crippen molar-refractivity contribution >= 4 is 28.9 Å². The van der Waals surface area contributed by atoms with Crippen molar-refractivity contribution in [3.8, 4) is 5.75 Å². The van der Waals surface area contributed by atoms with Gasteiger partial charge in [-0.2, -0.15) is 0 Å². The van der Waals surface area contributed by atoms with Gasteiger partial charge in [-0.1, -0.05) is 13.0 Å². The smallest absolute Gasteiger partial charge is 0.243 e. The molecule has 0 saturated carbocycles. The second-order valence-electron chi connectivity index (χ2n) is 6.35. The van der Waals surface area contributed by atoms with Crippen LogP contribution in [-0.2, 0) is 14.3 Å². The number of ether oxygens (including phenoxy) is 2. The highest BCUT2D eigenvalue weighted by molar-refractivity contribution is 5.94. The van der Waals surface area contributed by atoms with E-state index in [1.807, 2.05) is 32.0 Å². The number of amides is 2. The van der Waals surface area contributed by atoms with E-state index in [-0.39, 0.29) is 18.4 Å². The number of benzene rings is 2. The van der Waals surface area contributed by atoms with Gasteiger partial charge in [0.1, 0.15) is 12.4 Å². The lowest BCUT2D eigenvalue weighted by molar-refractivity contribution is -0.116. The topological polar surface area (TPSA) is 88.7 Å². The molecule has 0 aliphatic rings. The Balaban J connectivity index is 1.77. The second-order valence-corrected chi connectivity index (χ2v) is 6.35. The molecule has 0 radical (unpaired) electrons. The molecule has 2 aromatic rings. The lowest BCUT2D eigenvalue weighted by atomic mass is 10.2. The molecule has 0 fully saturated rings. The van der Waals surface area contributed by atoms with Crippen molar-refractivity contribution < 1.29 is 19.1 Å². The Hall–Kier alpha value is -3.06. The van der Waals surface area contributed by atoms with Gasteiger partial charge in [-0.25, -0.2) is 0 Å². The zero-order chi connectivity index (χ0) is 20.9. The molecule has 2 amide bonds. The maximum atomic E-state index is 12.2. The molecule has 3 N–H and O–H groups in total. The third-order valence-corrected chi connectivity index (χ3v) is 3.92. The molecule has 0 unspecified atom stereocenters. The van der Waals surface area contributed by atoms with Gasteiger partial charge in [0.05, 0.1) is 13.2 Å². The quantitative estimate of drug-likeness (QED) is 0.471. The highest BCUT2D eigenvalue weighted by Gasteiger charge is 2.05. The Kier molecular flexibility index (Phi) is 9.51. The minimum atomic E-state index is -0.171. The summed E-state index contributed by atoms with van der Waals surface area (Å²) in [4.78, 5) is 23.9. The molecule has 7 nitrogen and oxygen atoms in total. The molecule has 156 valence electrons. The molecule has 7 heteroatoms. The number of carbonyl (C=O) groups excluding carboxylic acids is 2. The van der Waals surface area contributed by atoms with E-state index in [2.05, 4.69) is 16.0 Å².